The van der Waals surface area contributed by atoms with Gasteiger partial charge in [-0.15, -0.1) is 0 Å². The Morgan fingerprint density at radius 2 is 1.92 bits per heavy atom. The average molecular weight is 514 g/mol. The van der Waals surface area contributed by atoms with Crippen molar-refractivity contribution < 1.29 is 14.6 Å². The van der Waals surface area contributed by atoms with Crippen LogP contribution >= 0.6 is 0 Å². The van der Waals surface area contributed by atoms with E-state index in [0.717, 1.165) is 33.6 Å². The second kappa shape index (κ2) is 11.0. The molecule has 0 saturated heterocycles. The van der Waals surface area contributed by atoms with Gasteiger partial charge < -0.3 is 20.1 Å². The van der Waals surface area contributed by atoms with Gasteiger partial charge >= 0.3 is 0 Å². The summed E-state index contributed by atoms with van der Waals surface area (Å²) in [6, 6.07) is 15.6. The van der Waals surface area contributed by atoms with E-state index in [2.05, 4.69) is 20.8 Å². The van der Waals surface area contributed by atoms with Gasteiger partial charge in [0.1, 0.15) is 24.4 Å². The molecular formula is C28H31N7O3. The summed E-state index contributed by atoms with van der Waals surface area (Å²) in [5, 5.41) is 23.4. The van der Waals surface area contributed by atoms with Crippen LogP contribution in [0, 0.1) is 0 Å². The number of hydrogen-bond donors (Lipinski definition) is 4. The standard InChI is InChI=1S/C28H31N7O3/c1-17(2)31-26(37)16-38-23-6-4-5-20(11-23)27-33-25-15-35(18(3)36)14-24(25)28(34-27)32-22-9-7-19(8-10-22)21-12-29-30-13-21/h4-13,17,26,31,37H,14-16H2,1-3H3,(H,29,30)(H,32,33,34). The van der Waals surface area contributed by atoms with Crippen molar-refractivity contribution in [2.45, 2.75) is 46.1 Å². The van der Waals surface area contributed by atoms with Crippen LogP contribution in [0.4, 0.5) is 11.5 Å². The molecule has 0 aliphatic carbocycles. The molecule has 1 aliphatic heterocycles. The summed E-state index contributed by atoms with van der Waals surface area (Å²) < 4.78 is 5.80. The number of aromatic amines is 1. The highest BCUT2D eigenvalue weighted by Gasteiger charge is 2.27. The molecule has 1 aliphatic rings. The van der Waals surface area contributed by atoms with Gasteiger partial charge in [-0.1, -0.05) is 24.3 Å². The van der Waals surface area contributed by atoms with E-state index in [1.165, 1.54) is 0 Å². The van der Waals surface area contributed by atoms with Crippen LogP contribution in [0.2, 0.25) is 0 Å². The van der Waals surface area contributed by atoms with Crippen molar-refractivity contribution >= 4 is 17.4 Å². The Morgan fingerprint density at radius 3 is 2.63 bits per heavy atom. The van der Waals surface area contributed by atoms with Crippen molar-refractivity contribution in [1.82, 2.24) is 30.4 Å². The van der Waals surface area contributed by atoms with Crippen LogP contribution in [-0.2, 0) is 17.9 Å². The summed E-state index contributed by atoms with van der Waals surface area (Å²) >= 11 is 0. The fourth-order valence-corrected chi connectivity index (χ4v) is 4.33. The van der Waals surface area contributed by atoms with Gasteiger partial charge in [0.25, 0.3) is 0 Å². The third-order valence-electron chi connectivity index (χ3n) is 6.23. The lowest BCUT2D eigenvalue weighted by atomic mass is 10.1. The minimum atomic E-state index is -0.775. The summed E-state index contributed by atoms with van der Waals surface area (Å²) in [5.74, 6) is 1.78. The van der Waals surface area contributed by atoms with Gasteiger partial charge in [0.15, 0.2) is 5.82 Å². The van der Waals surface area contributed by atoms with E-state index in [4.69, 9.17) is 14.7 Å². The Hall–Kier alpha value is -4.28. The van der Waals surface area contributed by atoms with Gasteiger partial charge in [0, 0.05) is 41.5 Å². The fourth-order valence-electron chi connectivity index (χ4n) is 4.33. The van der Waals surface area contributed by atoms with Gasteiger partial charge in [-0.3, -0.25) is 15.2 Å². The zero-order valence-electron chi connectivity index (χ0n) is 21.6. The van der Waals surface area contributed by atoms with E-state index in [9.17, 15) is 9.90 Å². The molecular weight excluding hydrogens is 482 g/mol. The highest BCUT2D eigenvalue weighted by atomic mass is 16.5. The zero-order valence-corrected chi connectivity index (χ0v) is 21.6. The summed E-state index contributed by atoms with van der Waals surface area (Å²) in [6.45, 7) is 6.47. The minimum Gasteiger partial charge on any atom is -0.489 e. The Kier molecular flexibility index (Phi) is 7.34. The average Bonchev–Trinajstić information content (AvgIpc) is 3.58. The molecule has 1 atom stereocenters. The maximum absolute atomic E-state index is 12.1. The smallest absolute Gasteiger partial charge is 0.220 e. The second-order valence-corrected chi connectivity index (χ2v) is 9.56. The van der Waals surface area contributed by atoms with Crippen molar-refractivity contribution in [1.29, 1.82) is 0 Å². The number of anilines is 2. The monoisotopic (exact) mass is 513 g/mol. The Labute approximate surface area is 221 Å². The molecule has 10 nitrogen and oxygen atoms in total. The number of carbonyl (C=O) groups excluding carboxylic acids is 1. The third kappa shape index (κ3) is 5.82. The number of benzene rings is 2. The van der Waals surface area contributed by atoms with E-state index < -0.39 is 6.23 Å². The first-order chi connectivity index (χ1) is 18.4. The minimum absolute atomic E-state index is 0.0103. The normalized spacial score (nSPS) is 13.4. The Balaban J connectivity index is 1.42. The Morgan fingerprint density at radius 1 is 1.11 bits per heavy atom. The number of nitrogens with zero attached hydrogens (tertiary/aromatic N) is 4. The van der Waals surface area contributed by atoms with Crippen molar-refractivity contribution in [3.05, 3.63) is 72.2 Å². The molecule has 0 fully saturated rings. The first-order valence-corrected chi connectivity index (χ1v) is 12.5. The molecule has 2 aromatic carbocycles. The SMILES string of the molecule is CC(=O)N1Cc2nc(-c3cccc(OCC(O)NC(C)C)c3)nc(Nc3ccc(-c4cn[nH]c4)cc3)c2C1. The quantitative estimate of drug-likeness (QED) is 0.249. The van der Waals surface area contributed by atoms with E-state index in [1.807, 2.05) is 68.6 Å². The highest BCUT2D eigenvalue weighted by molar-refractivity contribution is 5.76. The first-order valence-electron chi connectivity index (χ1n) is 12.5. The number of aliphatic hydroxyl groups is 1. The molecule has 2 aromatic heterocycles. The predicted octanol–water partition coefficient (Wildman–Crippen LogP) is 3.83. The van der Waals surface area contributed by atoms with Crippen molar-refractivity contribution in [2.24, 2.45) is 0 Å². The van der Waals surface area contributed by atoms with Crippen LogP contribution in [0.3, 0.4) is 0 Å². The lowest BCUT2D eigenvalue weighted by molar-refractivity contribution is -0.129. The molecule has 0 radical (unpaired) electrons. The number of ether oxygens (including phenoxy) is 1. The molecule has 0 saturated carbocycles. The molecule has 1 amide bonds. The van der Waals surface area contributed by atoms with Gasteiger partial charge in [-0.05, 0) is 43.7 Å². The number of rotatable bonds is 9. The van der Waals surface area contributed by atoms with Crippen LogP contribution in [0.1, 0.15) is 32.0 Å². The van der Waals surface area contributed by atoms with Gasteiger partial charge in [0.05, 0.1) is 25.0 Å². The van der Waals surface area contributed by atoms with Crippen molar-refractivity contribution in [2.75, 3.05) is 11.9 Å². The Bertz CT molecular complexity index is 1400. The number of hydrogen-bond acceptors (Lipinski definition) is 8. The third-order valence-corrected chi connectivity index (χ3v) is 6.23. The molecule has 196 valence electrons. The topological polar surface area (TPSA) is 128 Å². The lowest BCUT2D eigenvalue weighted by Crippen LogP contribution is -2.38. The predicted molar refractivity (Wildman–Crippen MR) is 144 cm³/mol. The number of carbonyl (C=O) groups is 1. The van der Waals surface area contributed by atoms with Gasteiger partial charge in [-0.2, -0.15) is 5.10 Å². The zero-order chi connectivity index (χ0) is 26.6. The number of nitrogens with one attached hydrogen (secondary N) is 3. The van der Waals surface area contributed by atoms with Crippen LogP contribution in [0.25, 0.3) is 22.5 Å². The first kappa shape index (κ1) is 25.4. The van der Waals surface area contributed by atoms with Gasteiger partial charge in [-0.25, -0.2) is 9.97 Å². The second-order valence-electron chi connectivity index (χ2n) is 9.56. The highest BCUT2D eigenvalue weighted by Crippen LogP contribution is 2.33. The number of amides is 1. The molecule has 0 spiro atoms. The number of aromatic nitrogens is 4. The fraction of sp³-hybridized carbons (Fsp3) is 0.286. The molecule has 4 N–H and O–H groups in total. The van der Waals surface area contributed by atoms with Crippen molar-refractivity contribution in [3.63, 3.8) is 0 Å². The number of fused-ring (bicyclic) bond motifs is 1. The molecule has 0 bridgehead atoms. The van der Waals surface area contributed by atoms with Crippen LogP contribution in [0.5, 0.6) is 5.75 Å². The molecule has 10 heteroatoms. The summed E-state index contributed by atoms with van der Waals surface area (Å²) in [5.41, 5.74) is 5.41. The van der Waals surface area contributed by atoms with E-state index in [-0.39, 0.29) is 18.6 Å². The van der Waals surface area contributed by atoms with Crippen LogP contribution in [0.15, 0.2) is 60.9 Å². The van der Waals surface area contributed by atoms with E-state index in [0.29, 0.717) is 30.5 Å². The molecule has 5 rings (SSSR count). The maximum atomic E-state index is 12.1. The van der Waals surface area contributed by atoms with Crippen LogP contribution in [-0.4, -0.2) is 55.0 Å². The van der Waals surface area contributed by atoms with Crippen LogP contribution < -0.4 is 15.4 Å². The van der Waals surface area contributed by atoms with Crippen molar-refractivity contribution in [3.8, 4) is 28.3 Å². The molecule has 3 heterocycles. The lowest BCUT2D eigenvalue weighted by Gasteiger charge is -2.17. The summed E-state index contributed by atoms with van der Waals surface area (Å²) in [4.78, 5) is 23.6. The number of aliphatic hydroxyl groups excluding tert-OH is 1. The summed E-state index contributed by atoms with van der Waals surface area (Å²) in [7, 11) is 0. The maximum Gasteiger partial charge on any atom is 0.220 e. The summed E-state index contributed by atoms with van der Waals surface area (Å²) in [6.07, 6.45) is 2.85. The molecule has 4 aromatic rings. The largest absolute Gasteiger partial charge is 0.489 e. The van der Waals surface area contributed by atoms with E-state index >= 15 is 0 Å². The van der Waals surface area contributed by atoms with Gasteiger partial charge in [0.2, 0.25) is 5.91 Å². The van der Waals surface area contributed by atoms with E-state index in [1.54, 1.807) is 18.0 Å². The molecule has 38 heavy (non-hydrogen) atoms. The molecule has 1 unspecified atom stereocenters. The number of H-pyrrole nitrogens is 1.